The summed E-state index contributed by atoms with van der Waals surface area (Å²) in [6.07, 6.45) is 4.17. The second-order valence-electron chi connectivity index (χ2n) is 5.39. The molecular weight excluding hydrogens is 268 g/mol. The van der Waals surface area contributed by atoms with Gasteiger partial charge in [0.25, 0.3) is 0 Å². The summed E-state index contributed by atoms with van der Waals surface area (Å²) in [4.78, 5) is 12.5. The molecule has 0 aliphatic heterocycles. The van der Waals surface area contributed by atoms with E-state index >= 15 is 0 Å². The monoisotopic (exact) mass is 282 g/mol. The van der Waals surface area contributed by atoms with Gasteiger partial charge in [-0.05, 0) is 16.7 Å². The van der Waals surface area contributed by atoms with E-state index in [-0.39, 0.29) is 5.78 Å². The third kappa shape index (κ3) is 1.99. The van der Waals surface area contributed by atoms with Crippen LogP contribution in [0.2, 0.25) is 0 Å². The van der Waals surface area contributed by atoms with Crippen molar-refractivity contribution in [3.05, 3.63) is 95.1 Å². The van der Waals surface area contributed by atoms with E-state index in [4.69, 9.17) is 0 Å². The highest BCUT2D eigenvalue weighted by atomic mass is 16.1. The summed E-state index contributed by atoms with van der Waals surface area (Å²) in [5, 5.41) is 0. The summed E-state index contributed by atoms with van der Waals surface area (Å²) in [6.45, 7) is 0. The average molecular weight is 282 g/mol. The maximum Gasteiger partial charge on any atom is 0.194 e. The number of benzene rings is 3. The highest BCUT2D eigenvalue weighted by Crippen LogP contribution is 2.39. The van der Waals surface area contributed by atoms with E-state index < -0.39 is 0 Å². The molecule has 0 amide bonds. The van der Waals surface area contributed by atoms with Crippen molar-refractivity contribution in [1.82, 2.24) is 0 Å². The number of hydrogen-bond acceptors (Lipinski definition) is 1. The SMILES string of the molecule is O=C1c2ccccc2-c2c(/C=C\c3ccccc3)cccc21. The van der Waals surface area contributed by atoms with Crippen LogP contribution >= 0.6 is 0 Å². The van der Waals surface area contributed by atoms with Crippen molar-refractivity contribution >= 4 is 17.9 Å². The number of rotatable bonds is 2. The Balaban J connectivity index is 1.85. The largest absolute Gasteiger partial charge is 0.289 e. The molecule has 0 unspecified atom stereocenters. The summed E-state index contributed by atoms with van der Waals surface area (Å²) in [5.74, 6) is 0.126. The molecule has 0 saturated carbocycles. The van der Waals surface area contributed by atoms with Gasteiger partial charge < -0.3 is 0 Å². The first-order chi connectivity index (χ1) is 10.8. The number of hydrogen-bond donors (Lipinski definition) is 0. The van der Waals surface area contributed by atoms with Crippen molar-refractivity contribution < 1.29 is 4.79 Å². The molecule has 0 aromatic heterocycles. The van der Waals surface area contributed by atoms with Crippen LogP contribution in [0.25, 0.3) is 23.3 Å². The van der Waals surface area contributed by atoms with E-state index in [0.29, 0.717) is 0 Å². The molecule has 0 saturated heterocycles. The Labute approximate surface area is 129 Å². The Morgan fingerprint density at radius 3 is 2.09 bits per heavy atom. The van der Waals surface area contributed by atoms with Gasteiger partial charge in [-0.25, -0.2) is 0 Å². The Kier molecular flexibility index (Phi) is 2.97. The fourth-order valence-corrected chi connectivity index (χ4v) is 2.99. The molecule has 0 bridgehead atoms. The maximum atomic E-state index is 12.5. The first-order valence-electron chi connectivity index (χ1n) is 7.35. The van der Waals surface area contributed by atoms with Gasteiger partial charge in [-0.3, -0.25) is 4.79 Å². The topological polar surface area (TPSA) is 17.1 Å². The predicted molar refractivity (Wildman–Crippen MR) is 90.7 cm³/mol. The standard InChI is InChI=1S/C21H14O/c22-21-18-11-5-4-10-17(18)20-16(9-6-12-19(20)21)14-13-15-7-2-1-3-8-15/h1-14H/b14-13-. The molecule has 4 rings (SSSR count). The highest BCUT2D eigenvalue weighted by molar-refractivity contribution is 6.22. The lowest BCUT2D eigenvalue weighted by Crippen LogP contribution is -1.94. The molecule has 0 fully saturated rings. The number of ketones is 1. The van der Waals surface area contributed by atoms with Crippen LogP contribution in [0, 0.1) is 0 Å². The van der Waals surface area contributed by atoms with Crippen molar-refractivity contribution in [3.63, 3.8) is 0 Å². The quantitative estimate of drug-likeness (QED) is 0.469. The van der Waals surface area contributed by atoms with Gasteiger partial charge in [-0.2, -0.15) is 0 Å². The van der Waals surface area contributed by atoms with Gasteiger partial charge in [0, 0.05) is 16.7 Å². The molecule has 104 valence electrons. The zero-order chi connectivity index (χ0) is 14.9. The lowest BCUT2D eigenvalue weighted by molar-refractivity contribution is 0.104. The first-order valence-corrected chi connectivity index (χ1v) is 7.35. The summed E-state index contributed by atoms with van der Waals surface area (Å²) >= 11 is 0. The lowest BCUT2D eigenvalue weighted by atomic mass is 9.98. The number of fused-ring (bicyclic) bond motifs is 3. The Bertz CT molecular complexity index is 889. The first kappa shape index (κ1) is 12.8. The van der Waals surface area contributed by atoms with E-state index in [9.17, 15) is 4.79 Å². The number of carbonyl (C=O) groups excluding carboxylic acids is 1. The molecule has 1 aliphatic rings. The van der Waals surface area contributed by atoms with Gasteiger partial charge in [0.1, 0.15) is 0 Å². The lowest BCUT2D eigenvalue weighted by Gasteiger charge is -2.04. The van der Waals surface area contributed by atoms with Gasteiger partial charge in [0.05, 0.1) is 0 Å². The van der Waals surface area contributed by atoms with Crippen LogP contribution in [-0.4, -0.2) is 5.78 Å². The van der Waals surface area contributed by atoms with Gasteiger partial charge in [0.15, 0.2) is 5.78 Å². The minimum absolute atomic E-state index is 0.126. The maximum absolute atomic E-state index is 12.5. The third-order valence-corrected chi connectivity index (χ3v) is 4.04. The summed E-state index contributed by atoms with van der Waals surface area (Å²) in [7, 11) is 0. The Morgan fingerprint density at radius 2 is 1.27 bits per heavy atom. The highest BCUT2D eigenvalue weighted by Gasteiger charge is 2.27. The van der Waals surface area contributed by atoms with Gasteiger partial charge in [-0.1, -0.05) is 84.9 Å². The molecule has 3 aromatic carbocycles. The van der Waals surface area contributed by atoms with Crippen molar-refractivity contribution in [2.75, 3.05) is 0 Å². The summed E-state index contributed by atoms with van der Waals surface area (Å²) < 4.78 is 0. The van der Waals surface area contributed by atoms with Crippen LogP contribution in [0.4, 0.5) is 0 Å². The summed E-state index contributed by atoms with van der Waals surface area (Å²) in [6, 6.07) is 24.0. The second kappa shape index (κ2) is 5.12. The van der Waals surface area contributed by atoms with Gasteiger partial charge >= 0.3 is 0 Å². The Hall–Kier alpha value is -2.93. The van der Waals surface area contributed by atoms with Crippen LogP contribution in [0.15, 0.2) is 72.8 Å². The van der Waals surface area contributed by atoms with Crippen LogP contribution in [0.5, 0.6) is 0 Å². The van der Waals surface area contributed by atoms with Gasteiger partial charge in [-0.15, -0.1) is 0 Å². The fraction of sp³-hybridized carbons (Fsp3) is 0. The van der Waals surface area contributed by atoms with Gasteiger partial charge in [0.2, 0.25) is 0 Å². The average Bonchev–Trinajstić information content (AvgIpc) is 2.88. The zero-order valence-corrected chi connectivity index (χ0v) is 12.0. The molecule has 0 radical (unpaired) electrons. The molecule has 0 spiro atoms. The molecule has 22 heavy (non-hydrogen) atoms. The molecule has 1 heteroatoms. The third-order valence-electron chi connectivity index (χ3n) is 4.04. The second-order valence-corrected chi connectivity index (χ2v) is 5.39. The normalized spacial score (nSPS) is 12.5. The van der Waals surface area contributed by atoms with Crippen molar-refractivity contribution in [1.29, 1.82) is 0 Å². The van der Waals surface area contributed by atoms with E-state index in [1.165, 1.54) is 0 Å². The molecule has 1 nitrogen and oxygen atoms in total. The van der Waals surface area contributed by atoms with Crippen LogP contribution in [0.1, 0.15) is 27.0 Å². The van der Waals surface area contributed by atoms with E-state index in [1.807, 2.05) is 54.6 Å². The smallest absolute Gasteiger partial charge is 0.194 e. The van der Waals surface area contributed by atoms with E-state index in [1.54, 1.807) is 0 Å². The van der Waals surface area contributed by atoms with Crippen LogP contribution in [-0.2, 0) is 0 Å². The Morgan fingerprint density at radius 1 is 0.591 bits per heavy atom. The van der Waals surface area contributed by atoms with Crippen molar-refractivity contribution in [2.45, 2.75) is 0 Å². The molecule has 3 aromatic rings. The van der Waals surface area contributed by atoms with E-state index in [2.05, 4.69) is 30.4 Å². The van der Waals surface area contributed by atoms with Crippen molar-refractivity contribution in [3.8, 4) is 11.1 Å². The molecule has 0 N–H and O–H groups in total. The van der Waals surface area contributed by atoms with Crippen LogP contribution in [0.3, 0.4) is 0 Å². The minimum atomic E-state index is 0.126. The molecule has 0 heterocycles. The zero-order valence-electron chi connectivity index (χ0n) is 12.0. The summed E-state index contributed by atoms with van der Waals surface area (Å²) in [5.41, 5.74) is 5.93. The van der Waals surface area contributed by atoms with E-state index in [0.717, 1.165) is 33.4 Å². The van der Waals surface area contributed by atoms with Crippen molar-refractivity contribution in [2.24, 2.45) is 0 Å². The molecular formula is C21H14O. The fourth-order valence-electron chi connectivity index (χ4n) is 2.99. The molecule has 1 aliphatic carbocycles. The predicted octanol–water partition coefficient (Wildman–Crippen LogP) is 5.07. The molecule has 0 atom stereocenters. The van der Waals surface area contributed by atoms with Crippen LogP contribution < -0.4 is 0 Å². The number of carbonyl (C=O) groups is 1. The minimum Gasteiger partial charge on any atom is -0.289 e.